The van der Waals surface area contributed by atoms with E-state index in [0.717, 1.165) is 0 Å². The Morgan fingerprint density at radius 3 is 2.71 bits per heavy atom. The molecule has 1 aliphatic rings. The molecular formula is C12H17ClN4O3S. The molecule has 0 aliphatic carbocycles. The molecule has 1 saturated heterocycles. The van der Waals surface area contributed by atoms with Crippen LogP contribution in [0.5, 0.6) is 0 Å². The highest BCUT2D eigenvalue weighted by Gasteiger charge is 2.40. The maximum absolute atomic E-state index is 12.0. The number of aromatic nitrogens is 1. The number of imide groups is 1. The van der Waals surface area contributed by atoms with Crippen molar-refractivity contribution < 1.29 is 14.4 Å². The lowest BCUT2D eigenvalue weighted by Crippen LogP contribution is -2.43. The van der Waals surface area contributed by atoms with Crippen LogP contribution in [0.2, 0.25) is 0 Å². The van der Waals surface area contributed by atoms with Gasteiger partial charge in [0.15, 0.2) is 0 Å². The van der Waals surface area contributed by atoms with Gasteiger partial charge in [0.2, 0.25) is 5.91 Å². The number of halogens is 1. The fraction of sp³-hybridized carbons (Fsp3) is 0.500. The minimum Gasteiger partial charge on any atom is -0.338 e. The van der Waals surface area contributed by atoms with Gasteiger partial charge in [-0.1, -0.05) is 0 Å². The summed E-state index contributed by atoms with van der Waals surface area (Å²) in [5, 5.41) is 4.78. The summed E-state index contributed by atoms with van der Waals surface area (Å²) in [6, 6.07) is -1.01. The molecule has 2 heterocycles. The number of hydrogen-bond donors (Lipinski definition) is 2. The van der Waals surface area contributed by atoms with Crippen LogP contribution < -0.4 is 11.1 Å². The molecule has 116 valence electrons. The van der Waals surface area contributed by atoms with Crippen LogP contribution in [0.15, 0.2) is 5.38 Å². The van der Waals surface area contributed by atoms with Gasteiger partial charge in [0, 0.05) is 18.0 Å². The van der Waals surface area contributed by atoms with Gasteiger partial charge in [-0.15, -0.1) is 23.7 Å². The Hall–Kier alpha value is -1.51. The van der Waals surface area contributed by atoms with Crippen molar-refractivity contribution in [3.8, 4) is 0 Å². The highest BCUT2D eigenvalue weighted by molar-refractivity contribution is 7.09. The molecule has 0 spiro atoms. The van der Waals surface area contributed by atoms with Crippen molar-refractivity contribution in [1.82, 2.24) is 15.2 Å². The summed E-state index contributed by atoms with van der Waals surface area (Å²) in [5.41, 5.74) is 5.65. The first-order chi connectivity index (χ1) is 9.43. The zero-order chi connectivity index (χ0) is 14.9. The highest BCUT2D eigenvalue weighted by atomic mass is 35.5. The highest BCUT2D eigenvalue weighted by Crippen LogP contribution is 2.17. The maximum atomic E-state index is 12.0. The minimum absolute atomic E-state index is 0. The van der Waals surface area contributed by atoms with Crippen molar-refractivity contribution in [2.45, 2.75) is 38.9 Å². The molecule has 1 aliphatic heterocycles. The summed E-state index contributed by atoms with van der Waals surface area (Å²) in [5.74, 6) is -1.10. The normalized spacial score (nSPS) is 18.1. The van der Waals surface area contributed by atoms with Gasteiger partial charge in [-0.2, -0.15) is 0 Å². The maximum Gasteiger partial charge on any atom is 0.271 e. The van der Waals surface area contributed by atoms with Crippen LogP contribution in [-0.4, -0.2) is 39.7 Å². The molecule has 3 amide bonds. The van der Waals surface area contributed by atoms with Gasteiger partial charge in [0.05, 0.1) is 6.42 Å². The van der Waals surface area contributed by atoms with Crippen LogP contribution in [0.1, 0.15) is 35.8 Å². The second kappa shape index (κ2) is 6.97. The number of rotatable bonds is 4. The molecule has 0 bridgehead atoms. The van der Waals surface area contributed by atoms with Crippen LogP contribution in [0.3, 0.4) is 0 Å². The summed E-state index contributed by atoms with van der Waals surface area (Å²) < 4.78 is 0. The molecule has 0 saturated carbocycles. The Kier molecular flexibility index (Phi) is 5.82. The molecule has 1 aromatic rings. The third kappa shape index (κ3) is 3.58. The van der Waals surface area contributed by atoms with E-state index < -0.39 is 11.9 Å². The number of nitrogens with zero attached hydrogens (tertiary/aromatic N) is 2. The van der Waals surface area contributed by atoms with Gasteiger partial charge in [-0.3, -0.25) is 19.3 Å². The van der Waals surface area contributed by atoms with E-state index in [1.807, 2.05) is 0 Å². The summed E-state index contributed by atoms with van der Waals surface area (Å²) >= 11 is 1.28. The van der Waals surface area contributed by atoms with Crippen molar-refractivity contribution in [1.29, 1.82) is 0 Å². The third-order valence-electron chi connectivity index (χ3n) is 2.96. The second-order valence-corrected chi connectivity index (χ2v) is 5.70. The Morgan fingerprint density at radius 2 is 2.24 bits per heavy atom. The van der Waals surface area contributed by atoms with Crippen molar-refractivity contribution in [3.63, 3.8) is 0 Å². The summed E-state index contributed by atoms with van der Waals surface area (Å²) in [7, 11) is 0. The Bertz CT molecular complexity index is 560. The average Bonchev–Trinajstić information content (AvgIpc) is 2.95. The summed E-state index contributed by atoms with van der Waals surface area (Å²) in [6.07, 6.45) is -0.00334. The quantitative estimate of drug-likeness (QED) is 0.771. The number of nitrogens with one attached hydrogen (secondary N) is 1. The number of hydrogen-bond acceptors (Lipinski definition) is 6. The molecule has 0 aromatic carbocycles. The largest absolute Gasteiger partial charge is 0.338 e. The van der Waals surface area contributed by atoms with Gasteiger partial charge >= 0.3 is 0 Å². The van der Waals surface area contributed by atoms with E-state index in [9.17, 15) is 14.4 Å². The van der Waals surface area contributed by atoms with Gasteiger partial charge in [-0.25, -0.2) is 4.98 Å². The lowest BCUT2D eigenvalue weighted by Gasteiger charge is -2.18. The standard InChI is InChI=1S/C12H16N4O3S.ClH/c1-6(2)16-10(17)3-7(12(16)19)15-11(18)8-5-20-9(4-13)14-8;/h5-7H,3-4,13H2,1-2H3,(H,15,18);1H. The van der Waals surface area contributed by atoms with Crippen molar-refractivity contribution in [2.75, 3.05) is 0 Å². The number of amides is 3. The molecule has 0 radical (unpaired) electrons. The van der Waals surface area contributed by atoms with Gasteiger partial charge in [-0.05, 0) is 13.8 Å². The third-order valence-corrected chi connectivity index (χ3v) is 3.83. The number of carbonyl (C=O) groups excluding carboxylic acids is 3. The van der Waals surface area contributed by atoms with Crippen LogP contribution in [0.4, 0.5) is 0 Å². The first-order valence-electron chi connectivity index (χ1n) is 6.25. The molecule has 1 aromatic heterocycles. The predicted molar refractivity (Wildman–Crippen MR) is 80.1 cm³/mol. The average molecular weight is 333 g/mol. The lowest BCUT2D eigenvalue weighted by atomic mass is 10.2. The van der Waals surface area contributed by atoms with E-state index in [2.05, 4.69) is 10.3 Å². The summed E-state index contributed by atoms with van der Waals surface area (Å²) in [6.45, 7) is 3.78. The SMILES string of the molecule is CC(C)N1C(=O)CC(NC(=O)c2csc(CN)n2)C1=O.Cl. The molecule has 3 N–H and O–H groups in total. The van der Waals surface area contributed by atoms with E-state index in [1.54, 1.807) is 19.2 Å². The topological polar surface area (TPSA) is 105 Å². The first-order valence-corrected chi connectivity index (χ1v) is 7.13. The smallest absolute Gasteiger partial charge is 0.271 e. The number of thiazole rings is 1. The van der Waals surface area contributed by atoms with Crippen LogP contribution >= 0.6 is 23.7 Å². The first kappa shape index (κ1) is 17.5. The lowest BCUT2D eigenvalue weighted by molar-refractivity contribution is -0.140. The molecule has 21 heavy (non-hydrogen) atoms. The molecule has 1 unspecified atom stereocenters. The van der Waals surface area contributed by atoms with E-state index in [1.165, 1.54) is 16.2 Å². The Balaban J connectivity index is 0.00000220. The van der Waals surface area contributed by atoms with Crippen LogP contribution in [-0.2, 0) is 16.1 Å². The van der Waals surface area contributed by atoms with E-state index in [0.29, 0.717) is 5.01 Å². The van der Waals surface area contributed by atoms with Crippen molar-refractivity contribution >= 4 is 41.5 Å². The summed E-state index contributed by atoms with van der Waals surface area (Å²) in [4.78, 5) is 41.0. The fourth-order valence-electron chi connectivity index (χ4n) is 2.05. The number of nitrogens with two attached hydrogens (primary N) is 1. The monoisotopic (exact) mass is 332 g/mol. The van der Waals surface area contributed by atoms with Gasteiger partial charge in [0.25, 0.3) is 11.8 Å². The molecule has 9 heteroatoms. The van der Waals surface area contributed by atoms with Gasteiger partial charge in [0.1, 0.15) is 16.7 Å². The van der Waals surface area contributed by atoms with Crippen LogP contribution in [0.25, 0.3) is 0 Å². The Morgan fingerprint density at radius 1 is 1.57 bits per heavy atom. The molecule has 7 nitrogen and oxygen atoms in total. The zero-order valence-electron chi connectivity index (χ0n) is 11.7. The van der Waals surface area contributed by atoms with Crippen molar-refractivity contribution in [3.05, 3.63) is 16.1 Å². The van der Waals surface area contributed by atoms with Crippen molar-refractivity contribution in [2.24, 2.45) is 5.73 Å². The number of carbonyl (C=O) groups is 3. The Labute approximate surface area is 132 Å². The molecule has 2 rings (SSSR count). The zero-order valence-corrected chi connectivity index (χ0v) is 13.3. The van der Waals surface area contributed by atoms with E-state index >= 15 is 0 Å². The molecule has 1 atom stereocenters. The predicted octanol–water partition coefficient (Wildman–Crippen LogP) is 0.289. The number of likely N-dealkylation sites (tertiary alicyclic amines) is 1. The van der Waals surface area contributed by atoms with Crippen LogP contribution in [0, 0.1) is 0 Å². The van der Waals surface area contributed by atoms with Gasteiger partial charge < -0.3 is 11.1 Å². The molecule has 1 fully saturated rings. The molecular weight excluding hydrogens is 316 g/mol. The minimum atomic E-state index is -0.805. The van der Waals surface area contributed by atoms with E-state index in [4.69, 9.17) is 5.73 Å². The van der Waals surface area contributed by atoms with E-state index in [-0.39, 0.29) is 48.9 Å². The second-order valence-electron chi connectivity index (χ2n) is 4.76. The fourth-order valence-corrected chi connectivity index (χ4v) is 2.70.